The van der Waals surface area contributed by atoms with E-state index in [1.54, 1.807) is 0 Å². The fraction of sp³-hybridized carbons (Fsp3) is 0.250. The predicted molar refractivity (Wildman–Crippen MR) is 62.5 cm³/mol. The summed E-state index contributed by atoms with van der Waals surface area (Å²) < 4.78 is 9.99. The monoisotopic (exact) mass is 238 g/mol. The minimum atomic E-state index is -1.05. The van der Waals surface area contributed by atoms with Crippen molar-refractivity contribution in [1.29, 1.82) is 0 Å². The van der Waals surface area contributed by atoms with Gasteiger partial charge in [0.15, 0.2) is 11.5 Å². The molecule has 17 heavy (non-hydrogen) atoms. The fourth-order valence-electron chi connectivity index (χ4n) is 1.28. The third kappa shape index (κ3) is 2.90. The lowest BCUT2D eigenvalue weighted by atomic mass is 10.1. The van der Waals surface area contributed by atoms with E-state index in [0.717, 1.165) is 0 Å². The summed E-state index contributed by atoms with van der Waals surface area (Å²) in [6, 6.07) is 3.05. The van der Waals surface area contributed by atoms with Gasteiger partial charge in [0.1, 0.15) is 5.75 Å². The van der Waals surface area contributed by atoms with Crippen molar-refractivity contribution in [3.05, 3.63) is 23.3 Å². The number of aliphatic carboxylic acids is 1. The van der Waals surface area contributed by atoms with Crippen molar-refractivity contribution >= 4 is 12.0 Å². The van der Waals surface area contributed by atoms with Crippen LogP contribution in [-0.4, -0.2) is 30.4 Å². The molecule has 0 heterocycles. The Hall–Kier alpha value is -2.17. The van der Waals surface area contributed by atoms with Gasteiger partial charge in [-0.1, -0.05) is 0 Å². The van der Waals surface area contributed by atoms with Crippen LogP contribution in [-0.2, 0) is 4.79 Å². The van der Waals surface area contributed by atoms with Gasteiger partial charge in [-0.3, -0.25) is 0 Å². The average molecular weight is 238 g/mol. The van der Waals surface area contributed by atoms with Crippen molar-refractivity contribution in [2.75, 3.05) is 14.2 Å². The van der Waals surface area contributed by atoms with Crippen LogP contribution in [0.1, 0.15) is 12.5 Å². The van der Waals surface area contributed by atoms with Crippen LogP contribution in [0.5, 0.6) is 17.2 Å². The summed E-state index contributed by atoms with van der Waals surface area (Å²) in [6.45, 7) is 1.44. The number of methoxy groups -OCH3 is 2. The van der Waals surface area contributed by atoms with Gasteiger partial charge < -0.3 is 19.7 Å². The highest BCUT2D eigenvalue weighted by Gasteiger charge is 2.11. The maximum absolute atomic E-state index is 10.7. The largest absolute Gasteiger partial charge is 0.504 e. The number of hydrogen-bond donors (Lipinski definition) is 2. The number of hydrogen-bond acceptors (Lipinski definition) is 4. The minimum Gasteiger partial charge on any atom is -0.504 e. The summed E-state index contributed by atoms with van der Waals surface area (Å²) in [4.78, 5) is 10.7. The molecule has 0 fully saturated rings. The molecule has 0 amide bonds. The number of carboxylic acid groups (broad SMARTS) is 1. The second-order valence-corrected chi connectivity index (χ2v) is 3.40. The SMILES string of the molecule is COc1cc(/C=C(\C)C(=O)O)c(O)c(OC)c1. The highest BCUT2D eigenvalue weighted by molar-refractivity contribution is 5.92. The van der Waals surface area contributed by atoms with Crippen LogP contribution in [0.15, 0.2) is 17.7 Å². The van der Waals surface area contributed by atoms with Crippen LogP contribution in [0, 0.1) is 0 Å². The third-order valence-corrected chi connectivity index (χ3v) is 2.24. The van der Waals surface area contributed by atoms with Gasteiger partial charge in [0.25, 0.3) is 0 Å². The molecule has 0 aliphatic heterocycles. The van der Waals surface area contributed by atoms with Crippen molar-refractivity contribution in [1.82, 2.24) is 0 Å². The molecule has 1 aromatic rings. The van der Waals surface area contributed by atoms with E-state index < -0.39 is 5.97 Å². The molecule has 0 spiro atoms. The average Bonchev–Trinajstić information content (AvgIpc) is 2.31. The molecule has 0 aliphatic carbocycles. The summed E-state index contributed by atoms with van der Waals surface area (Å²) in [5.41, 5.74) is 0.441. The second kappa shape index (κ2) is 5.25. The molecule has 2 N–H and O–H groups in total. The van der Waals surface area contributed by atoms with Crippen LogP contribution in [0.4, 0.5) is 0 Å². The Morgan fingerprint density at radius 1 is 1.29 bits per heavy atom. The predicted octanol–water partition coefficient (Wildman–Crippen LogP) is 1.90. The van der Waals surface area contributed by atoms with E-state index in [1.165, 1.54) is 39.4 Å². The zero-order chi connectivity index (χ0) is 13.0. The van der Waals surface area contributed by atoms with Crippen molar-refractivity contribution < 1.29 is 24.5 Å². The number of phenols is 1. The Morgan fingerprint density at radius 2 is 1.94 bits per heavy atom. The van der Waals surface area contributed by atoms with Gasteiger partial charge >= 0.3 is 5.97 Å². The van der Waals surface area contributed by atoms with Crippen LogP contribution in [0.2, 0.25) is 0 Å². The molecule has 1 aromatic carbocycles. The molecule has 5 nitrogen and oxygen atoms in total. The quantitative estimate of drug-likeness (QED) is 0.783. The maximum atomic E-state index is 10.7. The summed E-state index contributed by atoms with van der Waals surface area (Å²) in [6.07, 6.45) is 1.35. The van der Waals surface area contributed by atoms with E-state index in [2.05, 4.69) is 0 Å². The lowest BCUT2D eigenvalue weighted by molar-refractivity contribution is -0.132. The number of benzene rings is 1. The first-order valence-corrected chi connectivity index (χ1v) is 4.86. The van der Waals surface area contributed by atoms with Crippen LogP contribution < -0.4 is 9.47 Å². The molecule has 0 radical (unpaired) electrons. The number of rotatable bonds is 4. The molecule has 92 valence electrons. The maximum Gasteiger partial charge on any atom is 0.331 e. The van der Waals surface area contributed by atoms with Gasteiger partial charge in [-0.05, 0) is 19.1 Å². The zero-order valence-electron chi connectivity index (χ0n) is 9.85. The van der Waals surface area contributed by atoms with Crippen LogP contribution in [0.3, 0.4) is 0 Å². The van der Waals surface area contributed by atoms with Gasteiger partial charge in [-0.2, -0.15) is 0 Å². The second-order valence-electron chi connectivity index (χ2n) is 3.40. The Bertz CT molecular complexity index is 462. The smallest absolute Gasteiger partial charge is 0.331 e. The topological polar surface area (TPSA) is 76.0 Å². The van der Waals surface area contributed by atoms with E-state index in [-0.39, 0.29) is 17.1 Å². The molecule has 0 bridgehead atoms. The van der Waals surface area contributed by atoms with E-state index >= 15 is 0 Å². The minimum absolute atomic E-state index is 0.107. The molecule has 0 saturated heterocycles. The standard InChI is InChI=1S/C12H14O5/c1-7(12(14)15)4-8-5-9(16-2)6-10(17-3)11(8)13/h4-6,13H,1-3H3,(H,14,15)/b7-4+. The number of carbonyl (C=O) groups is 1. The molecule has 0 unspecified atom stereocenters. The van der Waals surface area contributed by atoms with E-state index in [9.17, 15) is 9.90 Å². The fourth-order valence-corrected chi connectivity index (χ4v) is 1.28. The molecule has 0 aromatic heterocycles. The van der Waals surface area contributed by atoms with Crippen molar-refractivity contribution in [2.24, 2.45) is 0 Å². The Kier molecular flexibility index (Phi) is 3.98. The molecule has 1 rings (SSSR count). The van der Waals surface area contributed by atoms with Gasteiger partial charge in [0.05, 0.1) is 14.2 Å². The number of phenolic OH excluding ortho intramolecular Hbond substituents is 1. The Labute approximate surface area is 98.9 Å². The van der Waals surface area contributed by atoms with Crippen LogP contribution >= 0.6 is 0 Å². The van der Waals surface area contributed by atoms with E-state index in [4.69, 9.17) is 14.6 Å². The lowest BCUT2D eigenvalue weighted by Gasteiger charge is -2.09. The molecule has 0 aliphatic rings. The lowest BCUT2D eigenvalue weighted by Crippen LogP contribution is -1.96. The molecule has 5 heteroatoms. The summed E-state index contributed by atoms with van der Waals surface area (Å²) in [7, 11) is 2.88. The van der Waals surface area contributed by atoms with E-state index in [1.807, 2.05) is 0 Å². The van der Waals surface area contributed by atoms with Gasteiger partial charge in [-0.15, -0.1) is 0 Å². The normalized spacial score (nSPS) is 11.1. The Balaban J connectivity index is 3.32. The number of aromatic hydroxyl groups is 1. The summed E-state index contributed by atoms with van der Waals surface area (Å²) >= 11 is 0. The highest BCUT2D eigenvalue weighted by atomic mass is 16.5. The van der Waals surface area contributed by atoms with Crippen molar-refractivity contribution in [2.45, 2.75) is 6.92 Å². The molecule has 0 atom stereocenters. The van der Waals surface area contributed by atoms with Gasteiger partial charge in [-0.25, -0.2) is 4.79 Å². The first-order valence-electron chi connectivity index (χ1n) is 4.86. The number of ether oxygens (including phenoxy) is 2. The zero-order valence-corrected chi connectivity index (χ0v) is 9.85. The van der Waals surface area contributed by atoms with Crippen LogP contribution in [0.25, 0.3) is 6.08 Å². The molecular formula is C12H14O5. The number of carboxylic acids is 1. The first kappa shape index (κ1) is 12.9. The Morgan fingerprint density at radius 3 is 2.41 bits per heavy atom. The van der Waals surface area contributed by atoms with E-state index in [0.29, 0.717) is 11.3 Å². The van der Waals surface area contributed by atoms with Gasteiger partial charge in [0.2, 0.25) is 0 Å². The molecular weight excluding hydrogens is 224 g/mol. The van der Waals surface area contributed by atoms with Gasteiger partial charge in [0, 0.05) is 17.2 Å². The highest BCUT2D eigenvalue weighted by Crippen LogP contribution is 2.35. The van der Waals surface area contributed by atoms with Crippen molar-refractivity contribution in [3.8, 4) is 17.2 Å². The summed E-state index contributed by atoms with van der Waals surface area (Å²) in [5.74, 6) is -0.460. The first-order chi connectivity index (χ1) is 7.99. The molecule has 0 saturated carbocycles. The summed E-state index contributed by atoms with van der Waals surface area (Å²) in [5, 5.41) is 18.6. The van der Waals surface area contributed by atoms with Crippen molar-refractivity contribution in [3.63, 3.8) is 0 Å². The third-order valence-electron chi connectivity index (χ3n) is 2.24.